The summed E-state index contributed by atoms with van der Waals surface area (Å²) in [6.45, 7) is 1.97. The van der Waals surface area contributed by atoms with Gasteiger partial charge in [0.2, 0.25) is 0 Å². The average Bonchev–Trinajstić information content (AvgIpc) is 3.18. The zero-order valence-corrected chi connectivity index (χ0v) is 12.9. The number of hydrogen-bond donors (Lipinski definition) is 1. The molecule has 3 aromatic rings. The third-order valence-electron chi connectivity index (χ3n) is 4.32. The van der Waals surface area contributed by atoms with Crippen molar-refractivity contribution in [3.8, 4) is 11.4 Å². The Morgan fingerprint density at radius 1 is 1.04 bits per heavy atom. The molecule has 0 bridgehead atoms. The molecular formula is C18H19N5. The topological polar surface area (TPSA) is 57.7 Å². The van der Waals surface area contributed by atoms with Gasteiger partial charge in [-0.2, -0.15) is 0 Å². The van der Waals surface area contributed by atoms with Gasteiger partial charge in [-0.25, -0.2) is 15.0 Å². The maximum absolute atomic E-state index is 4.77. The zero-order valence-electron chi connectivity index (χ0n) is 12.9. The summed E-state index contributed by atoms with van der Waals surface area (Å²) < 4.78 is 0. The van der Waals surface area contributed by atoms with E-state index in [0.29, 0.717) is 5.92 Å². The monoisotopic (exact) mass is 305 g/mol. The van der Waals surface area contributed by atoms with Crippen LogP contribution in [0.15, 0.2) is 55.0 Å². The second-order valence-corrected chi connectivity index (χ2v) is 5.86. The Bertz CT molecular complexity index is 754. The minimum absolute atomic E-state index is 0.439. The number of anilines is 1. The van der Waals surface area contributed by atoms with Crippen molar-refractivity contribution in [2.24, 2.45) is 0 Å². The van der Waals surface area contributed by atoms with E-state index in [-0.39, 0.29) is 0 Å². The number of benzene rings is 1. The lowest BCUT2D eigenvalue weighted by Crippen LogP contribution is -2.35. The van der Waals surface area contributed by atoms with E-state index in [1.165, 1.54) is 6.42 Å². The van der Waals surface area contributed by atoms with Crippen LogP contribution in [0.1, 0.15) is 24.6 Å². The van der Waals surface area contributed by atoms with Gasteiger partial charge in [0.1, 0.15) is 11.6 Å². The first kappa shape index (κ1) is 13.9. The molecule has 1 N–H and O–H groups in total. The Labute approximate surface area is 135 Å². The minimum Gasteiger partial charge on any atom is -0.356 e. The Morgan fingerprint density at radius 2 is 1.96 bits per heavy atom. The lowest BCUT2D eigenvalue weighted by Gasteiger charge is -2.32. The van der Waals surface area contributed by atoms with Gasteiger partial charge in [-0.05, 0) is 18.9 Å². The summed E-state index contributed by atoms with van der Waals surface area (Å²) in [5.41, 5.74) is 1.05. The van der Waals surface area contributed by atoms with Crippen molar-refractivity contribution in [3.63, 3.8) is 0 Å². The maximum Gasteiger partial charge on any atom is 0.161 e. The molecule has 1 atom stereocenters. The number of piperidine rings is 1. The van der Waals surface area contributed by atoms with Crippen LogP contribution in [-0.4, -0.2) is 33.0 Å². The summed E-state index contributed by atoms with van der Waals surface area (Å²) in [5.74, 6) is 3.29. The summed E-state index contributed by atoms with van der Waals surface area (Å²) in [6, 6.07) is 12.1. The highest BCUT2D eigenvalue weighted by molar-refractivity contribution is 5.57. The summed E-state index contributed by atoms with van der Waals surface area (Å²) in [4.78, 5) is 19.2. The first-order valence-corrected chi connectivity index (χ1v) is 8.03. The van der Waals surface area contributed by atoms with Crippen molar-refractivity contribution >= 4 is 5.82 Å². The molecule has 23 heavy (non-hydrogen) atoms. The van der Waals surface area contributed by atoms with Crippen molar-refractivity contribution in [3.05, 3.63) is 60.8 Å². The van der Waals surface area contributed by atoms with E-state index in [4.69, 9.17) is 4.98 Å². The fraction of sp³-hybridized carbons (Fsp3) is 0.278. The van der Waals surface area contributed by atoms with Crippen LogP contribution < -0.4 is 4.90 Å². The van der Waals surface area contributed by atoms with E-state index in [1.54, 1.807) is 0 Å². The molecular weight excluding hydrogens is 286 g/mol. The number of hydrogen-bond acceptors (Lipinski definition) is 4. The number of aromatic amines is 1. The predicted molar refractivity (Wildman–Crippen MR) is 90.2 cm³/mol. The molecule has 5 nitrogen and oxygen atoms in total. The molecule has 1 aliphatic rings. The van der Waals surface area contributed by atoms with E-state index < -0.39 is 0 Å². The predicted octanol–water partition coefficient (Wildman–Crippen LogP) is 3.25. The summed E-state index contributed by atoms with van der Waals surface area (Å²) in [5, 5.41) is 0. The van der Waals surface area contributed by atoms with Crippen molar-refractivity contribution in [1.82, 2.24) is 19.9 Å². The third kappa shape index (κ3) is 2.95. The number of nitrogens with zero attached hydrogens (tertiary/aromatic N) is 4. The SMILES string of the molecule is c1ccc(-c2nccc(N3CCC[C@H](c4ncc[nH]4)C3)n2)cc1. The van der Waals surface area contributed by atoms with Gasteiger partial charge in [0.05, 0.1) is 0 Å². The van der Waals surface area contributed by atoms with Gasteiger partial charge < -0.3 is 9.88 Å². The van der Waals surface area contributed by atoms with Crippen LogP contribution in [0, 0.1) is 0 Å². The Hall–Kier alpha value is -2.69. The number of aromatic nitrogens is 4. The van der Waals surface area contributed by atoms with Gasteiger partial charge in [-0.3, -0.25) is 0 Å². The lowest BCUT2D eigenvalue weighted by molar-refractivity contribution is 0.491. The molecule has 1 aromatic carbocycles. The molecule has 5 heteroatoms. The standard InChI is InChI=1S/C18H19N5/c1-2-5-14(6-3-1)18-19-9-8-16(22-18)23-12-4-7-15(13-23)17-20-10-11-21-17/h1-3,5-6,8-11,15H,4,7,12-13H2,(H,20,21)/t15-/m0/s1. The first-order chi connectivity index (χ1) is 11.4. The van der Waals surface area contributed by atoms with E-state index in [2.05, 4.69) is 19.9 Å². The fourth-order valence-corrected chi connectivity index (χ4v) is 3.16. The van der Waals surface area contributed by atoms with Crippen LogP contribution in [0.4, 0.5) is 5.82 Å². The van der Waals surface area contributed by atoms with E-state index in [0.717, 1.165) is 42.5 Å². The van der Waals surface area contributed by atoms with Crippen molar-refractivity contribution in [1.29, 1.82) is 0 Å². The van der Waals surface area contributed by atoms with Crippen molar-refractivity contribution in [2.75, 3.05) is 18.0 Å². The van der Waals surface area contributed by atoms with E-state index in [9.17, 15) is 0 Å². The first-order valence-electron chi connectivity index (χ1n) is 8.03. The van der Waals surface area contributed by atoms with Gasteiger partial charge in [0.15, 0.2) is 5.82 Å². The quantitative estimate of drug-likeness (QED) is 0.807. The van der Waals surface area contributed by atoms with Crippen LogP contribution in [0.5, 0.6) is 0 Å². The van der Waals surface area contributed by atoms with Crippen molar-refractivity contribution < 1.29 is 0 Å². The van der Waals surface area contributed by atoms with Gasteiger partial charge in [0.25, 0.3) is 0 Å². The Balaban J connectivity index is 1.58. The average molecular weight is 305 g/mol. The number of imidazole rings is 1. The minimum atomic E-state index is 0.439. The molecule has 1 saturated heterocycles. The molecule has 0 radical (unpaired) electrons. The Morgan fingerprint density at radius 3 is 2.78 bits per heavy atom. The molecule has 4 rings (SSSR count). The van der Waals surface area contributed by atoms with Crippen LogP contribution in [0.25, 0.3) is 11.4 Å². The number of nitrogens with one attached hydrogen (secondary N) is 1. The summed E-state index contributed by atoms with van der Waals surface area (Å²) >= 11 is 0. The maximum atomic E-state index is 4.77. The molecule has 0 aliphatic carbocycles. The Kier molecular flexibility index (Phi) is 3.76. The third-order valence-corrected chi connectivity index (χ3v) is 4.32. The van der Waals surface area contributed by atoms with Crippen LogP contribution in [-0.2, 0) is 0 Å². The number of rotatable bonds is 3. The molecule has 0 spiro atoms. The van der Waals surface area contributed by atoms with Gasteiger partial charge in [-0.1, -0.05) is 30.3 Å². The van der Waals surface area contributed by atoms with Crippen LogP contribution in [0.2, 0.25) is 0 Å². The van der Waals surface area contributed by atoms with Crippen LogP contribution >= 0.6 is 0 Å². The molecule has 0 saturated carbocycles. The van der Waals surface area contributed by atoms with E-state index in [1.807, 2.05) is 55.0 Å². The smallest absolute Gasteiger partial charge is 0.161 e. The largest absolute Gasteiger partial charge is 0.356 e. The highest BCUT2D eigenvalue weighted by Gasteiger charge is 2.24. The normalized spacial score (nSPS) is 18.1. The van der Waals surface area contributed by atoms with Crippen LogP contribution in [0.3, 0.4) is 0 Å². The molecule has 2 aromatic heterocycles. The van der Waals surface area contributed by atoms with Gasteiger partial charge in [0, 0.05) is 43.2 Å². The summed E-state index contributed by atoms with van der Waals surface area (Å²) in [6.07, 6.45) is 7.89. The molecule has 116 valence electrons. The zero-order chi connectivity index (χ0) is 15.5. The second-order valence-electron chi connectivity index (χ2n) is 5.86. The highest BCUT2D eigenvalue weighted by atomic mass is 15.2. The van der Waals surface area contributed by atoms with Gasteiger partial charge >= 0.3 is 0 Å². The van der Waals surface area contributed by atoms with Gasteiger partial charge in [-0.15, -0.1) is 0 Å². The summed E-state index contributed by atoms with van der Waals surface area (Å²) in [7, 11) is 0. The molecule has 1 fully saturated rings. The molecule has 3 heterocycles. The van der Waals surface area contributed by atoms with Crippen molar-refractivity contribution in [2.45, 2.75) is 18.8 Å². The van der Waals surface area contributed by atoms with E-state index >= 15 is 0 Å². The molecule has 1 aliphatic heterocycles. The lowest BCUT2D eigenvalue weighted by atomic mass is 9.97. The highest BCUT2D eigenvalue weighted by Crippen LogP contribution is 2.28. The number of H-pyrrole nitrogens is 1. The molecule has 0 amide bonds. The molecule has 0 unspecified atom stereocenters. The second kappa shape index (κ2) is 6.20. The fourth-order valence-electron chi connectivity index (χ4n) is 3.16.